The van der Waals surface area contributed by atoms with Crippen LogP contribution in [-0.4, -0.2) is 4.98 Å². The molecule has 0 radical (unpaired) electrons. The van der Waals surface area contributed by atoms with Gasteiger partial charge in [0.05, 0.1) is 11.2 Å². The lowest BCUT2D eigenvalue weighted by Gasteiger charge is -2.19. The summed E-state index contributed by atoms with van der Waals surface area (Å²) < 4.78 is 0. The van der Waals surface area contributed by atoms with Gasteiger partial charge in [-0.3, -0.25) is 0 Å². The predicted molar refractivity (Wildman–Crippen MR) is 126 cm³/mol. The molecule has 0 atom stereocenters. The molecule has 0 saturated heterocycles. The Hall–Kier alpha value is -2.93. The van der Waals surface area contributed by atoms with Gasteiger partial charge in [-0.05, 0) is 77.8 Å². The van der Waals surface area contributed by atoms with Crippen molar-refractivity contribution in [1.82, 2.24) is 4.98 Å². The van der Waals surface area contributed by atoms with Crippen LogP contribution < -0.4 is 0 Å². The van der Waals surface area contributed by atoms with Gasteiger partial charge in [0.2, 0.25) is 0 Å². The monoisotopic (exact) mass is 379 g/mol. The van der Waals surface area contributed by atoms with Crippen molar-refractivity contribution in [2.45, 2.75) is 47.0 Å². The molecule has 1 heteroatoms. The number of hydrogen-bond donors (Lipinski definition) is 0. The first kappa shape index (κ1) is 19.4. The van der Waals surface area contributed by atoms with Crippen molar-refractivity contribution in [3.8, 4) is 22.4 Å². The van der Waals surface area contributed by atoms with E-state index in [1.165, 1.54) is 38.8 Å². The van der Waals surface area contributed by atoms with Gasteiger partial charge in [-0.25, -0.2) is 4.98 Å². The fourth-order valence-corrected chi connectivity index (χ4v) is 4.15. The van der Waals surface area contributed by atoms with Gasteiger partial charge >= 0.3 is 0 Å². The van der Waals surface area contributed by atoms with Crippen LogP contribution in [0.3, 0.4) is 0 Å². The number of pyridine rings is 1. The Morgan fingerprint density at radius 2 is 1.31 bits per heavy atom. The fourth-order valence-electron chi connectivity index (χ4n) is 4.15. The Labute approximate surface area is 174 Å². The van der Waals surface area contributed by atoms with Gasteiger partial charge in [0.25, 0.3) is 0 Å². The molecule has 0 aliphatic heterocycles. The summed E-state index contributed by atoms with van der Waals surface area (Å²) in [6.07, 6.45) is 0. The van der Waals surface area contributed by atoms with Crippen LogP contribution in [0.5, 0.6) is 0 Å². The largest absolute Gasteiger partial charge is 0.248 e. The van der Waals surface area contributed by atoms with Gasteiger partial charge in [0.15, 0.2) is 0 Å². The van der Waals surface area contributed by atoms with Crippen molar-refractivity contribution in [1.29, 1.82) is 0 Å². The normalized spacial score (nSPS) is 11.8. The first-order chi connectivity index (χ1) is 13.7. The van der Waals surface area contributed by atoms with E-state index in [1.54, 1.807) is 0 Å². The molecule has 1 aromatic heterocycles. The summed E-state index contributed by atoms with van der Waals surface area (Å²) in [6.45, 7) is 13.2. The third-order valence-electron chi connectivity index (χ3n) is 5.69. The topological polar surface area (TPSA) is 12.9 Å². The fraction of sp³-hybridized carbons (Fsp3) is 0.250. The second-order valence-electron chi connectivity index (χ2n) is 9.21. The summed E-state index contributed by atoms with van der Waals surface area (Å²) in [4.78, 5) is 5.01. The molecule has 29 heavy (non-hydrogen) atoms. The molecule has 0 fully saturated rings. The van der Waals surface area contributed by atoms with Gasteiger partial charge in [-0.1, -0.05) is 69.3 Å². The number of hydrogen-bond acceptors (Lipinski definition) is 1. The van der Waals surface area contributed by atoms with Gasteiger partial charge in [-0.2, -0.15) is 0 Å². The third kappa shape index (κ3) is 3.82. The Morgan fingerprint density at radius 1 is 0.655 bits per heavy atom. The number of rotatable bonds is 2. The Morgan fingerprint density at radius 3 is 2.00 bits per heavy atom. The lowest BCUT2D eigenvalue weighted by atomic mass is 9.86. The zero-order chi connectivity index (χ0) is 20.8. The van der Waals surface area contributed by atoms with E-state index in [0.717, 1.165) is 16.8 Å². The van der Waals surface area contributed by atoms with E-state index in [-0.39, 0.29) is 5.41 Å². The summed E-state index contributed by atoms with van der Waals surface area (Å²) >= 11 is 0. The van der Waals surface area contributed by atoms with Crippen molar-refractivity contribution < 1.29 is 0 Å². The van der Waals surface area contributed by atoms with Gasteiger partial charge < -0.3 is 0 Å². The lowest BCUT2D eigenvalue weighted by molar-refractivity contribution is 0.590. The number of nitrogens with zero attached hydrogens (tertiary/aromatic N) is 1. The smallest absolute Gasteiger partial charge is 0.0717 e. The van der Waals surface area contributed by atoms with Crippen LogP contribution in [0.1, 0.15) is 43.0 Å². The number of aryl methyl sites for hydroxylation is 3. The minimum atomic E-state index is 0.170. The molecule has 0 spiro atoms. The quantitative estimate of drug-likeness (QED) is 0.346. The summed E-state index contributed by atoms with van der Waals surface area (Å²) in [6, 6.07) is 24.3. The predicted octanol–water partition coefficient (Wildman–Crippen LogP) is 7.79. The lowest BCUT2D eigenvalue weighted by Crippen LogP contribution is -2.10. The van der Waals surface area contributed by atoms with E-state index < -0.39 is 0 Å². The maximum absolute atomic E-state index is 5.01. The molecule has 0 bridgehead atoms. The highest BCUT2D eigenvalue weighted by Crippen LogP contribution is 2.31. The summed E-state index contributed by atoms with van der Waals surface area (Å²) in [7, 11) is 0. The molecule has 0 aliphatic rings. The minimum Gasteiger partial charge on any atom is -0.248 e. The van der Waals surface area contributed by atoms with Crippen LogP contribution in [-0.2, 0) is 5.41 Å². The standard InChI is InChI=1S/C28H29N/c1-18-14-19(2)27-20(3)16-25(29-26(27)15-18)23-9-7-8-22(17-23)21-10-12-24(13-11-21)28(4,5)6/h7-17H,1-6H3. The van der Waals surface area contributed by atoms with Gasteiger partial charge in [0.1, 0.15) is 0 Å². The van der Waals surface area contributed by atoms with Crippen molar-refractivity contribution >= 4 is 10.9 Å². The first-order valence-electron chi connectivity index (χ1n) is 10.3. The Balaban J connectivity index is 1.78. The average molecular weight is 380 g/mol. The highest BCUT2D eigenvalue weighted by Gasteiger charge is 2.13. The van der Waals surface area contributed by atoms with E-state index in [0.29, 0.717) is 0 Å². The van der Waals surface area contributed by atoms with Crippen molar-refractivity contribution in [3.05, 3.63) is 89.0 Å². The molecular formula is C28H29N. The zero-order valence-electron chi connectivity index (χ0n) is 18.3. The van der Waals surface area contributed by atoms with Gasteiger partial charge in [-0.15, -0.1) is 0 Å². The second-order valence-corrected chi connectivity index (χ2v) is 9.21. The van der Waals surface area contributed by atoms with Crippen LogP contribution in [0, 0.1) is 20.8 Å². The summed E-state index contributed by atoms with van der Waals surface area (Å²) in [5.41, 5.74) is 11.1. The molecule has 1 nitrogen and oxygen atoms in total. The molecule has 0 aliphatic carbocycles. The molecule has 0 saturated carbocycles. The molecule has 0 N–H and O–H groups in total. The maximum Gasteiger partial charge on any atom is 0.0717 e. The van der Waals surface area contributed by atoms with Gasteiger partial charge in [0, 0.05) is 10.9 Å². The van der Waals surface area contributed by atoms with E-state index in [4.69, 9.17) is 4.98 Å². The Bertz CT molecular complexity index is 1190. The highest BCUT2D eigenvalue weighted by atomic mass is 14.7. The molecule has 4 rings (SSSR count). The maximum atomic E-state index is 5.01. The molecule has 0 amide bonds. The molecular weight excluding hydrogens is 350 g/mol. The van der Waals surface area contributed by atoms with E-state index in [9.17, 15) is 0 Å². The molecule has 3 aromatic carbocycles. The molecule has 4 aromatic rings. The molecule has 0 unspecified atom stereocenters. The third-order valence-corrected chi connectivity index (χ3v) is 5.69. The molecule has 1 heterocycles. The number of benzene rings is 3. The van der Waals surface area contributed by atoms with E-state index in [1.807, 2.05) is 0 Å². The van der Waals surface area contributed by atoms with Crippen LogP contribution in [0.25, 0.3) is 33.3 Å². The van der Waals surface area contributed by atoms with Crippen LogP contribution in [0.2, 0.25) is 0 Å². The second kappa shape index (κ2) is 7.15. The van der Waals surface area contributed by atoms with Crippen molar-refractivity contribution in [3.63, 3.8) is 0 Å². The van der Waals surface area contributed by atoms with E-state index >= 15 is 0 Å². The Kier molecular flexibility index (Phi) is 4.78. The summed E-state index contributed by atoms with van der Waals surface area (Å²) in [5.74, 6) is 0. The summed E-state index contributed by atoms with van der Waals surface area (Å²) in [5, 5.41) is 1.27. The van der Waals surface area contributed by atoms with Crippen molar-refractivity contribution in [2.24, 2.45) is 0 Å². The minimum absolute atomic E-state index is 0.170. The van der Waals surface area contributed by atoms with Crippen molar-refractivity contribution in [2.75, 3.05) is 0 Å². The van der Waals surface area contributed by atoms with E-state index in [2.05, 4.69) is 108 Å². The van der Waals surface area contributed by atoms with Crippen LogP contribution in [0.15, 0.2) is 66.7 Å². The molecule has 146 valence electrons. The first-order valence-corrected chi connectivity index (χ1v) is 10.3. The highest BCUT2D eigenvalue weighted by molar-refractivity contribution is 5.88. The average Bonchev–Trinajstić information content (AvgIpc) is 2.66. The zero-order valence-corrected chi connectivity index (χ0v) is 18.3. The van der Waals surface area contributed by atoms with Crippen LogP contribution >= 0.6 is 0 Å². The number of fused-ring (bicyclic) bond motifs is 1. The van der Waals surface area contributed by atoms with Crippen LogP contribution in [0.4, 0.5) is 0 Å². The number of aromatic nitrogens is 1. The SMILES string of the molecule is Cc1cc(C)c2c(C)cc(-c3cccc(-c4ccc(C(C)(C)C)cc4)c3)nc2c1.